The second-order valence-corrected chi connectivity index (χ2v) is 11.3. The van der Waals surface area contributed by atoms with Crippen LogP contribution in [0.3, 0.4) is 0 Å². The Bertz CT molecular complexity index is 586. The maximum atomic E-state index is 13.1. The van der Waals surface area contributed by atoms with Gasteiger partial charge in [-0.1, -0.05) is 0 Å². The fraction of sp³-hybridized carbons (Fsp3) is 0.900. The van der Waals surface area contributed by atoms with Gasteiger partial charge < -0.3 is 10.2 Å². The van der Waals surface area contributed by atoms with Crippen LogP contribution in [0, 0.1) is 23.2 Å². The van der Waals surface area contributed by atoms with Gasteiger partial charge in [0.15, 0.2) is 0 Å². The Morgan fingerprint density at radius 1 is 1.20 bits per heavy atom. The molecule has 0 spiro atoms. The smallest absolute Gasteiger partial charge is 0.243 e. The molecule has 0 aromatic carbocycles. The first-order valence-electron chi connectivity index (χ1n) is 10.2. The van der Waals surface area contributed by atoms with E-state index in [0.29, 0.717) is 11.8 Å². The van der Waals surface area contributed by atoms with Gasteiger partial charge in [-0.15, -0.1) is 11.8 Å². The fourth-order valence-corrected chi connectivity index (χ4v) is 8.62. The molecular formula is C20H30N2O2S. The molecule has 0 radical (unpaired) electrons. The summed E-state index contributed by atoms with van der Waals surface area (Å²) in [7, 11) is 0. The van der Waals surface area contributed by atoms with Gasteiger partial charge in [-0.3, -0.25) is 9.59 Å². The first-order chi connectivity index (χ1) is 11.9. The molecule has 0 aromatic heterocycles. The van der Waals surface area contributed by atoms with Crippen molar-refractivity contribution in [1.29, 1.82) is 0 Å². The zero-order chi connectivity index (χ0) is 17.4. The van der Waals surface area contributed by atoms with E-state index in [-0.39, 0.29) is 28.8 Å². The Morgan fingerprint density at radius 3 is 2.40 bits per heavy atom. The van der Waals surface area contributed by atoms with E-state index in [1.165, 1.54) is 38.5 Å². The molecule has 138 valence electrons. The van der Waals surface area contributed by atoms with E-state index >= 15 is 0 Å². The molecule has 1 N–H and O–H groups in total. The van der Waals surface area contributed by atoms with Crippen molar-refractivity contribution in [3.8, 4) is 0 Å². The number of nitrogens with zero attached hydrogens (tertiary/aromatic N) is 1. The molecule has 4 nitrogen and oxygen atoms in total. The number of carbonyl (C=O) groups excluding carboxylic acids is 2. The summed E-state index contributed by atoms with van der Waals surface area (Å²) < 4.78 is 0. The highest BCUT2D eigenvalue weighted by atomic mass is 32.2. The van der Waals surface area contributed by atoms with Gasteiger partial charge in [-0.25, -0.2) is 0 Å². The van der Waals surface area contributed by atoms with Crippen LogP contribution in [0.1, 0.15) is 65.2 Å². The van der Waals surface area contributed by atoms with E-state index in [0.717, 1.165) is 29.9 Å². The summed E-state index contributed by atoms with van der Waals surface area (Å²) in [5.41, 5.74) is 0.328. The van der Waals surface area contributed by atoms with Crippen molar-refractivity contribution in [3.05, 3.63) is 0 Å². The van der Waals surface area contributed by atoms with E-state index in [1.54, 1.807) is 11.8 Å². The Morgan fingerprint density at radius 2 is 1.80 bits per heavy atom. The lowest BCUT2D eigenvalue weighted by Gasteiger charge is -2.59. The lowest BCUT2D eigenvalue weighted by atomic mass is 9.48. The minimum atomic E-state index is -0.263. The molecule has 5 heteroatoms. The molecule has 0 aromatic rings. The summed E-state index contributed by atoms with van der Waals surface area (Å²) in [5.74, 6) is 3.70. The molecule has 6 rings (SSSR count). The van der Waals surface area contributed by atoms with E-state index in [4.69, 9.17) is 0 Å². The number of amides is 2. The molecule has 25 heavy (non-hydrogen) atoms. The van der Waals surface area contributed by atoms with Crippen molar-refractivity contribution in [2.45, 2.75) is 82.2 Å². The molecule has 6 fully saturated rings. The van der Waals surface area contributed by atoms with Crippen molar-refractivity contribution in [1.82, 2.24) is 10.2 Å². The molecule has 3 atom stereocenters. The van der Waals surface area contributed by atoms with Crippen molar-refractivity contribution >= 4 is 23.6 Å². The monoisotopic (exact) mass is 362 g/mol. The van der Waals surface area contributed by atoms with Gasteiger partial charge in [0.05, 0.1) is 4.87 Å². The highest BCUT2D eigenvalue weighted by molar-refractivity contribution is 8.01. The second kappa shape index (κ2) is 5.40. The average molecular weight is 363 g/mol. The summed E-state index contributed by atoms with van der Waals surface area (Å²) in [4.78, 5) is 27.1. The number of rotatable bonds is 3. The standard InChI is InChI=1S/C20H30N2O2S/c1-12(20-8-13-5-14(9-20)7-15(6-13)10-20)21-18(24)16-11-25-19(2)4-3-17(23)22(16)19/h12-16H,3-11H2,1-2H3,(H,21,24)/t12-,13?,14?,15?,16+,19+,20?/m0/s1. The van der Waals surface area contributed by atoms with Crippen LogP contribution in [0.2, 0.25) is 0 Å². The molecule has 2 heterocycles. The number of fused-ring (bicyclic) bond motifs is 1. The molecule has 4 aliphatic carbocycles. The number of thioether (sulfide) groups is 1. The maximum absolute atomic E-state index is 13.1. The molecule has 0 unspecified atom stereocenters. The summed E-state index contributed by atoms with van der Waals surface area (Å²) in [6.45, 7) is 4.36. The van der Waals surface area contributed by atoms with Crippen LogP contribution in [0.4, 0.5) is 0 Å². The Balaban J connectivity index is 1.31. The largest absolute Gasteiger partial charge is 0.351 e. The Hall–Kier alpha value is -0.710. The van der Waals surface area contributed by atoms with Crippen molar-refractivity contribution in [3.63, 3.8) is 0 Å². The van der Waals surface area contributed by atoms with Crippen molar-refractivity contribution in [2.24, 2.45) is 23.2 Å². The third-order valence-electron chi connectivity index (χ3n) is 8.11. The normalized spacial score (nSPS) is 48.7. The molecule has 4 saturated carbocycles. The maximum Gasteiger partial charge on any atom is 0.243 e. The molecule has 4 bridgehead atoms. The quantitative estimate of drug-likeness (QED) is 0.839. The van der Waals surface area contributed by atoms with Crippen LogP contribution in [0.15, 0.2) is 0 Å². The zero-order valence-corrected chi connectivity index (χ0v) is 16.2. The van der Waals surface area contributed by atoms with Gasteiger partial charge in [-0.2, -0.15) is 0 Å². The van der Waals surface area contributed by atoms with Crippen LogP contribution >= 0.6 is 11.8 Å². The van der Waals surface area contributed by atoms with Gasteiger partial charge in [0.1, 0.15) is 6.04 Å². The summed E-state index contributed by atoms with van der Waals surface area (Å²) in [6, 6.07) is -0.0238. The predicted octanol–water partition coefficient (Wildman–Crippen LogP) is 3.16. The lowest BCUT2D eigenvalue weighted by Crippen LogP contribution is -2.59. The van der Waals surface area contributed by atoms with E-state index < -0.39 is 0 Å². The third-order valence-corrected chi connectivity index (χ3v) is 9.62. The van der Waals surface area contributed by atoms with Crippen LogP contribution in [0.25, 0.3) is 0 Å². The van der Waals surface area contributed by atoms with Gasteiger partial charge in [0.2, 0.25) is 11.8 Å². The van der Waals surface area contributed by atoms with Gasteiger partial charge in [0, 0.05) is 18.2 Å². The minimum Gasteiger partial charge on any atom is -0.351 e. The lowest BCUT2D eigenvalue weighted by molar-refractivity contribution is -0.139. The number of hydrogen-bond donors (Lipinski definition) is 1. The van der Waals surface area contributed by atoms with E-state index in [2.05, 4.69) is 19.2 Å². The first kappa shape index (κ1) is 16.5. The Labute approximate surface area is 154 Å². The topological polar surface area (TPSA) is 49.4 Å². The highest BCUT2D eigenvalue weighted by Gasteiger charge is 2.55. The molecule has 6 aliphatic rings. The predicted molar refractivity (Wildman–Crippen MR) is 98.9 cm³/mol. The summed E-state index contributed by atoms with van der Waals surface area (Å²) in [6.07, 6.45) is 9.68. The minimum absolute atomic E-state index is 0.0923. The SMILES string of the molecule is C[C@H](NC(=O)[C@H]1CS[C@]2(C)CCC(=O)N12)C12CC3CC(CC(C3)C1)C2. The van der Waals surface area contributed by atoms with Crippen LogP contribution in [0.5, 0.6) is 0 Å². The molecule has 2 aliphatic heterocycles. The van der Waals surface area contributed by atoms with E-state index in [1.807, 2.05) is 4.90 Å². The summed E-state index contributed by atoms with van der Waals surface area (Å²) >= 11 is 1.79. The number of carbonyl (C=O) groups is 2. The van der Waals surface area contributed by atoms with Crippen LogP contribution < -0.4 is 5.32 Å². The van der Waals surface area contributed by atoms with Crippen LogP contribution in [-0.4, -0.2) is 39.4 Å². The zero-order valence-electron chi connectivity index (χ0n) is 15.4. The Kier molecular flexibility index (Phi) is 3.56. The number of hydrogen-bond acceptors (Lipinski definition) is 3. The van der Waals surface area contributed by atoms with Crippen LogP contribution in [-0.2, 0) is 9.59 Å². The average Bonchev–Trinajstić information content (AvgIpc) is 3.03. The van der Waals surface area contributed by atoms with Crippen molar-refractivity contribution in [2.75, 3.05) is 5.75 Å². The second-order valence-electron chi connectivity index (χ2n) is 9.78. The van der Waals surface area contributed by atoms with Gasteiger partial charge >= 0.3 is 0 Å². The molecule has 2 amide bonds. The van der Waals surface area contributed by atoms with Crippen molar-refractivity contribution < 1.29 is 9.59 Å². The molecular weight excluding hydrogens is 332 g/mol. The first-order valence-corrected chi connectivity index (χ1v) is 11.1. The summed E-state index contributed by atoms with van der Waals surface area (Å²) in [5, 5.41) is 3.38. The number of nitrogens with one attached hydrogen (secondary N) is 1. The van der Waals surface area contributed by atoms with E-state index in [9.17, 15) is 9.59 Å². The van der Waals surface area contributed by atoms with Gasteiger partial charge in [0.25, 0.3) is 0 Å². The third kappa shape index (κ3) is 2.40. The fourth-order valence-electron chi connectivity index (χ4n) is 7.19. The highest BCUT2D eigenvalue weighted by Crippen LogP contribution is 2.61. The molecule has 2 saturated heterocycles. The van der Waals surface area contributed by atoms with Gasteiger partial charge in [-0.05, 0) is 82.0 Å².